The van der Waals surface area contributed by atoms with Crippen LogP contribution in [0.5, 0.6) is 0 Å². The molecule has 1 aliphatic heterocycles. The van der Waals surface area contributed by atoms with Gasteiger partial charge in [-0.2, -0.15) is 0 Å². The Hall–Kier alpha value is 0.532. The van der Waals surface area contributed by atoms with Gasteiger partial charge in [-0.05, 0) is 0 Å². The predicted octanol–water partition coefficient (Wildman–Crippen LogP) is 2.69. The summed E-state index contributed by atoms with van der Waals surface area (Å²) in [5.74, 6) is 1.90. The Balaban J connectivity index is 0.000000980. The Kier molecular flexibility index (Phi) is 5.57. The molecule has 0 aromatic carbocycles. The second-order valence-corrected chi connectivity index (χ2v) is 4.45. The summed E-state index contributed by atoms with van der Waals surface area (Å²) >= 11 is 4.10. The molecule has 1 aromatic heterocycles. The molecule has 2 heterocycles. The first kappa shape index (κ1) is 12.6. The average Bonchev–Trinajstić information content (AvgIpc) is 2.70. The maximum absolute atomic E-state index is 4.46. The van der Waals surface area contributed by atoms with Gasteiger partial charge in [-0.3, -0.25) is 0 Å². The van der Waals surface area contributed by atoms with Crippen LogP contribution in [0.25, 0.3) is 5.32 Å². The van der Waals surface area contributed by atoms with E-state index < -0.39 is 0 Å². The number of nitrogens with one attached hydrogen (secondary N) is 1. The molecular formula is C8H12N3ReS2-. The zero-order valence-electron chi connectivity index (χ0n) is 7.61. The van der Waals surface area contributed by atoms with Crippen molar-refractivity contribution in [2.24, 2.45) is 0 Å². The van der Waals surface area contributed by atoms with Crippen LogP contribution < -0.4 is 0 Å². The average molecular weight is 401 g/mol. The summed E-state index contributed by atoms with van der Waals surface area (Å²) in [6.07, 6.45) is 4.22. The minimum Gasteiger partial charge on any atom is -0.653 e. The van der Waals surface area contributed by atoms with E-state index in [4.69, 9.17) is 0 Å². The predicted molar refractivity (Wildman–Crippen MR) is 59.1 cm³/mol. The Morgan fingerprint density at radius 3 is 3.21 bits per heavy atom. The van der Waals surface area contributed by atoms with E-state index in [1.807, 2.05) is 6.20 Å². The molecule has 0 saturated carbocycles. The zero-order valence-corrected chi connectivity index (χ0v) is 12.0. The van der Waals surface area contributed by atoms with E-state index in [9.17, 15) is 0 Å². The molecule has 1 unspecified atom stereocenters. The van der Waals surface area contributed by atoms with Crippen molar-refractivity contribution < 1.29 is 20.4 Å². The molecule has 1 atom stereocenters. The van der Waals surface area contributed by atoms with E-state index >= 15 is 0 Å². The summed E-state index contributed by atoms with van der Waals surface area (Å²) < 4.78 is 0. The number of H-pyrrole nitrogens is 1. The minimum absolute atomic E-state index is 0. The summed E-state index contributed by atoms with van der Waals surface area (Å²) in [4.78, 5) is 7.60. The molecule has 0 amide bonds. The van der Waals surface area contributed by atoms with Crippen molar-refractivity contribution in [1.29, 1.82) is 0 Å². The van der Waals surface area contributed by atoms with Crippen molar-refractivity contribution in [3.8, 4) is 0 Å². The summed E-state index contributed by atoms with van der Waals surface area (Å²) in [7, 11) is 1.50. The Morgan fingerprint density at radius 2 is 2.57 bits per heavy atom. The van der Waals surface area contributed by atoms with Gasteiger partial charge >= 0.3 is 0 Å². The van der Waals surface area contributed by atoms with Gasteiger partial charge in [0.05, 0.1) is 5.82 Å². The van der Waals surface area contributed by atoms with Crippen LogP contribution in [0.2, 0.25) is 0 Å². The van der Waals surface area contributed by atoms with E-state index in [1.54, 1.807) is 0 Å². The van der Waals surface area contributed by atoms with Crippen molar-refractivity contribution >= 4 is 22.5 Å². The van der Waals surface area contributed by atoms with Crippen molar-refractivity contribution in [3.05, 3.63) is 23.0 Å². The van der Waals surface area contributed by atoms with Gasteiger partial charge in [-0.15, -0.1) is 18.2 Å². The van der Waals surface area contributed by atoms with E-state index in [1.165, 1.54) is 17.2 Å². The number of imidazole rings is 1. The number of rotatable bonds is 3. The number of aromatic nitrogens is 2. The van der Waals surface area contributed by atoms with Crippen LogP contribution in [-0.4, -0.2) is 16.5 Å². The second-order valence-electron chi connectivity index (χ2n) is 3.13. The number of thiol groups is 1. The SMILES string of the molecule is SSCc1cnc(C2CCC[N-]2)[nH]1.[Re]. The van der Waals surface area contributed by atoms with Crippen LogP contribution in [0.4, 0.5) is 0 Å². The Bertz CT molecular complexity index is 273. The molecule has 1 aromatic rings. The molecule has 3 nitrogen and oxygen atoms in total. The second kappa shape index (κ2) is 6.19. The van der Waals surface area contributed by atoms with Gasteiger partial charge in [-0.25, -0.2) is 4.98 Å². The van der Waals surface area contributed by atoms with Gasteiger partial charge in [0.15, 0.2) is 0 Å². The largest absolute Gasteiger partial charge is 0.653 e. The minimum atomic E-state index is 0. The summed E-state index contributed by atoms with van der Waals surface area (Å²) in [5.41, 5.74) is 1.14. The maximum Gasteiger partial charge on any atom is 0.0880 e. The molecule has 1 fully saturated rings. The quantitative estimate of drug-likeness (QED) is 0.605. The van der Waals surface area contributed by atoms with Crippen molar-refractivity contribution in [3.63, 3.8) is 0 Å². The van der Waals surface area contributed by atoms with Gasteiger partial charge in [-0.1, -0.05) is 29.7 Å². The third kappa shape index (κ3) is 3.01. The van der Waals surface area contributed by atoms with Gasteiger partial charge in [0.25, 0.3) is 0 Å². The molecule has 0 aliphatic carbocycles. The molecule has 2 rings (SSSR count). The first-order valence-corrected chi connectivity index (χ1v) is 6.40. The molecule has 0 bridgehead atoms. The van der Waals surface area contributed by atoms with E-state index in [2.05, 4.69) is 26.9 Å². The number of nitrogens with zero attached hydrogens (tertiary/aromatic N) is 2. The third-order valence-electron chi connectivity index (χ3n) is 2.17. The molecular weight excluding hydrogens is 388 g/mol. The van der Waals surface area contributed by atoms with Crippen molar-refractivity contribution in [1.82, 2.24) is 9.97 Å². The summed E-state index contributed by atoms with van der Waals surface area (Å²) in [6, 6.07) is 0.318. The van der Waals surface area contributed by atoms with Crippen LogP contribution in [0.3, 0.4) is 0 Å². The molecule has 14 heavy (non-hydrogen) atoms. The van der Waals surface area contributed by atoms with Crippen LogP contribution >= 0.6 is 22.5 Å². The molecule has 6 heteroatoms. The fraction of sp³-hybridized carbons (Fsp3) is 0.625. The number of aromatic amines is 1. The maximum atomic E-state index is 4.46. The normalized spacial score (nSPS) is 20.8. The monoisotopic (exact) mass is 401 g/mol. The zero-order chi connectivity index (χ0) is 9.10. The summed E-state index contributed by atoms with van der Waals surface area (Å²) in [5, 5.41) is 4.46. The van der Waals surface area contributed by atoms with Crippen LogP contribution in [-0.2, 0) is 26.2 Å². The fourth-order valence-corrected chi connectivity index (χ4v) is 2.24. The topological polar surface area (TPSA) is 42.8 Å². The molecule has 1 N–H and O–H groups in total. The first-order valence-electron chi connectivity index (χ1n) is 4.37. The van der Waals surface area contributed by atoms with Gasteiger partial charge in [0, 0.05) is 38.1 Å². The van der Waals surface area contributed by atoms with Gasteiger partial charge < -0.3 is 10.3 Å². The third-order valence-corrected chi connectivity index (χ3v) is 3.00. The first-order chi connectivity index (χ1) is 6.40. The van der Waals surface area contributed by atoms with E-state index in [-0.39, 0.29) is 20.4 Å². The standard InChI is InChI=1S/C8H12N3S2.Re/c12-13-5-6-4-10-8(11-6)7-2-1-3-9-7;/h4,7,12H,1-3,5H2,(H,10,11);/q-1;. The molecule has 1 aliphatic rings. The van der Waals surface area contributed by atoms with Crippen LogP contribution in [0, 0.1) is 0 Å². The van der Waals surface area contributed by atoms with E-state index in [0.29, 0.717) is 6.04 Å². The van der Waals surface area contributed by atoms with Crippen LogP contribution in [0.1, 0.15) is 30.4 Å². The smallest absolute Gasteiger partial charge is 0.0880 e. The van der Waals surface area contributed by atoms with Crippen molar-refractivity contribution in [2.45, 2.75) is 24.6 Å². The molecule has 1 radical (unpaired) electrons. The van der Waals surface area contributed by atoms with Crippen molar-refractivity contribution in [2.75, 3.05) is 6.54 Å². The number of hydrogen-bond donors (Lipinski definition) is 2. The molecule has 79 valence electrons. The Labute approximate surface area is 107 Å². The van der Waals surface area contributed by atoms with Gasteiger partial charge in [0.2, 0.25) is 0 Å². The fourth-order valence-electron chi connectivity index (χ4n) is 1.53. The molecule has 0 spiro atoms. The molecule has 1 saturated heterocycles. The Morgan fingerprint density at radius 1 is 1.71 bits per heavy atom. The van der Waals surface area contributed by atoms with Gasteiger partial charge in [0.1, 0.15) is 0 Å². The number of hydrogen-bond acceptors (Lipinski definition) is 3. The van der Waals surface area contributed by atoms with E-state index in [0.717, 1.165) is 30.2 Å². The summed E-state index contributed by atoms with van der Waals surface area (Å²) in [6.45, 7) is 0.988. The van der Waals surface area contributed by atoms with Crippen LogP contribution in [0.15, 0.2) is 6.20 Å².